The minimum Gasteiger partial charge on any atom is -0.343 e. The summed E-state index contributed by atoms with van der Waals surface area (Å²) in [6, 6.07) is 14.7. The van der Waals surface area contributed by atoms with Gasteiger partial charge in [0.1, 0.15) is 0 Å². The molecule has 106 valence electrons. The molecule has 5 heteroatoms. The molecule has 0 unspecified atom stereocenters. The van der Waals surface area contributed by atoms with Crippen molar-refractivity contribution in [1.29, 1.82) is 0 Å². The molecule has 0 amide bonds. The zero-order chi connectivity index (χ0) is 14.8. The van der Waals surface area contributed by atoms with Gasteiger partial charge in [0.15, 0.2) is 0 Å². The Morgan fingerprint density at radius 3 is 2.48 bits per heavy atom. The van der Waals surface area contributed by atoms with Crippen molar-refractivity contribution in [1.82, 2.24) is 4.57 Å². The fourth-order valence-electron chi connectivity index (χ4n) is 2.54. The number of rotatable bonds is 4. The zero-order valence-corrected chi connectivity index (χ0v) is 11.4. The Hall–Kier alpha value is -2.66. The quantitative estimate of drug-likeness (QED) is 0.590. The summed E-state index contributed by atoms with van der Waals surface area (Å²) in [6.45, 7) is 1.16. The van der Waals surface area contributed by atoms with E-state index in [4.69, 9.17) is 5.73 Å². The number of hydrogen-bond acceptors (Lipinski definition) is 3. The van der Waals surface area contributed by atoms with Crippen molar-refractivity contribution in [2.45, 2.75) is 13.1 Å². The van der Waals surface area contributed by atoms with Gasteiger partial charge < -0.3 is 10.3 Å². The fourth-order valence-corrected chi connectivity index (χ4v) is 2.54. The molecule has 0 aliphatic carbocycles. The number of nitrogens with zero attached hydrogens (tertiary/aromatic N) is 2. The standard InChI is InChI=1S/C16H15N3O2/c17-9-13-11-18(16-4-2-1-3-15(13)16)10-12-5-7-14(8-6-12)19(20)21/h1-8,11H,9-10,17H2. The molecule has 0 aliphatic rings. The van der Waals surface area contributed by atoms with Crippen molar-refractivity contribution < 1.29 is 4.92 Å². The first-order chi connectivity index (χ1) is 10.2. The summed E-state index contributed by atoms with van der Waals surface area (Å²) in [7, 11) is 0. The van der Waals surface area contributed by atoms with Gasteiger partial charge in [0.05, 0.1) is 4.92 Å². The minimum atomic E-state index is -0.388. The van der Waals surface area contributed by atoms with Gasteiger partial charge in [-0.2, -0.15) is 0 Å². The van der Waals surface area contributed by atoms with Crippen LogP contribution >= 0.6 is 0 Å². The van der Waals surface area contributed by atoms with Crippen LogP contribution in [0.5, 0.6) is 0 Å². The smallest absolute Gasteiger partial charge is 0.269 e. The van der Waals surface area contributed by atoms with Crippen LogP contribution < -0.4 is 5.73 Å². The summed E-state index contributed by atoms with van der Waals surface area (Å²) in [5.74, 6) is 0. The van der Waals surface area contributed by atoms with Gasteiger partial charge in [-0.05, 0) is 17.2 Å². The molecule has 5 nitrogen and oxygen atoms in total. The molecule has 0 fully saturated rings. The van der Waals surface area contributed by atoms with Gasteiger partial charge in [-0.15, -0.1) is 0 Å². The lowest BCUT2D eigenvalue weighted by Gasteiger charge is -2.05. The number of non-ortho nitro benzene ring substituents is 1. The lowest BCUT2D eigenvalue weighted by molar-refractivity contribution is -0.384. The first kappa shape index (κ1) is 13.3. The molecule has 1 heterocycles. The molecule has 1 aromatic heterocycles. The summed E-state index contributed by atoms with van der Waals surface area (Å²) in [5.41, 5.74) is 9.14. The van der Waals surface area contributed by atoms with E-state index >= 15 is 0 Å². The summed E-state index contributed by atoms with van der Waals surface area (Å²) in [6.07, 6.45) is 2.05. The number of aromatic nitrogens is 1. The van der Waals surface area contributed by atoms with Gasteiger partial charge in [0.2, 0.25) is 0 Å². The molecule has 0 radical (unpaired) electrons. The van der Waals surface area contributed by atoms with Crippen molar-refractivity contribution in [2.75, 3.05) is 0 Å². The molecule has 3 rings (SSSR count). The van der Waals surface area contributed by atoms with E-state index in [1.165, 1.54) is 12.1 Å². The van der Waals surface area contributed by atoms with Crippen molar-refractivity contribution >= 4 is 16.6 Å². The zero-order valence-electron chi connectivity index (χ0n) is 11.4. The largest absolute Gasteiger partial charge is 0.343 e. The van der Waals surface area contributed by atoms with Crippen molar-refractivity contribution in [3.63, 3.8) is 0 Å². The predicted molar refractivity (Wildman–Crippen MR) is 82.0 cm³/mol. The van der Waals surface area contributed by atoms with Gasteiger partial charge in [-0.25, -0.2) is 0 Å². The molecule has 2 N–H and O–H groups in total. The molecular formula is C16H15N3O2. The molecule has 0 atom stereocenters. The maximum absolute atomic E-state index is 10.7. The second-order valence-electron chi connectivity index (χ2n) is 4.93. The highest BCUT2D eigenvalue weighted by Crippen LogP contribution is 2.22. The van der Waals surface area contributed by atoms with Crippen LogP contribution in [0.2, 0.25) is 0 Å². The molecule has 0 bridgehead atoms. The SMILES string of the molecule is NCc1cn(Cc2ccc([N+](=O)[O-])cc2)c2ccccc12. The lowest BCUT2D eigenvalue weighted by Crippen LogP contribution is -1.99. The number of para-hydroxylation sites is 1. The maximum Gasteiger partial charge on any atom is 0.269 e. The van der Waals surface area contributed by atoms with Crippen LogP contribution in [0.3, 0.4) is 0 Å². The van der Waals surface area contributed by atoms with Gasteiger partial charge in [-0.1, -0.05) is 30.3 Å². The Kier molecular flexibility index (Phi) is 3.41. The Morgan fingerprint density at radius 2 is 1.81 bits per heavy atom. The molecule has 21 heavy (non-hydrogen) atoms. The molecule has 0 spiro atoms. The third kappa shape index (κ3) is 2.51. The van der Waals surface area contributed by atoms with Gasteiger partial charge in [0, 0.05) is 42.3 Å². The van der Waals surface area contributed by atoms with Gasteiger partial charge >= 0.3 is 0 Å². The molecular weight excluding hydrogens is 266 g/mol. The van der Waals surface area contributed by atoms with Crippen LogP contribution in [0, 0.1) is 10.1 Å². The number of hydrogen-bond donors (Lipinski definition) is 1. The lowest BCUT2D eigenvalue weighted by atomic mass is 10.2. The van der Waals surface area contributed by atoms with Gasteiger partial charge in [0.25, 0.3) is 5.69 Å². The number of nitro groups is 1. The van der Waals surface area contributed by atoms with Crippen molar-refractivity contribution in [3.8, 4) is 0 Å². The highest BCUT2D eigenvalue weighted by Gasteiger charge is 2.08. The average Bonchev–Trinajstić information content (AvgIpc) is 2.86. The van der Waals surface area contributed by atoms with Gasteiger partial charge in [-0.3, -0.25) is 10.1 Å². The Bertz CT molecular complexity index is 791. The van der Waals surface area contributed by atoms with Crippen LogP contribution in [0.4, 0.5) is 5.69 Å². The van der Waals surface area contributed by atoms with Crippen LogP contribution in [0.25, 0.3) is 10.9 Å². The van der Waals surface area contributed by atoms with Crippen LogP contribution in [-0.2, 0) is 13.1 Å². The first-order valence-corrected chi connectivity index (χ1v) is 6.69. The van der Waals surface area contributed by atoms with E-state index in [2.05, 4.69) is 16.7 Å². The number of nitrogens with two attached hydrogens (primary N) is 1. The summed E-state index contributed by atoms with van der Waals surface area (Å²) >= 11 is 0. The first-order valence-electron chi connectivity index (χ1n) is 6.69. The van der Waals surface area contributed by atoms with E-state index in [-0.39, 0.29) is 10.6 Å². The monoisotopic (exact) mass is 281 g/mol. The van der Waals surface area contributed by atoms with E-state index in [1.54, 1.807) is 12.1 Å². The fraction of sp³-hybridized carbons (Fsp3) is 0.125. The molecule has 2 aromatic carbocycles. The Labute approximate surface area is 121 Å². The Balaban J connectivity index is 1.96. The third-order valence-electron chi connectivity index (χ3n) is 3.59. The third-order valence-corrected chi connectivity index (χ3v) is 3.59. The highest BCUT2D eigenvalue weighted by atomic mass is 16.6. The summed E-state index contributed by atoms with van der Waals surface area (Å²) in [4.78, 5) is 10.3. The van der Waals surface area contributed by atoms with E-state index in [9.17, 15) is 10.1 Å². The molecule has 0 aliphatic heterocycles. The Morgan fingerprint density at radius 1 is 1.10 bits per heavy atom. The topological polar surface area (TPSA) is 74.1 Å². The van der Waals surface area contributed by atoms with Crippen LogP contribution in [0.15, 0.2) is 54.7 Å². The average molecular weight is 281 g/mol. The van der Waals surface area contributed by atoms with Crippen molar-refractivity contribution in [3.05, 3.63) is 76.0 Å². The van der Waals surface area contributed by atoms with E-state index < -0.39 is 0 Å². The number of fused-ring (bicyclic) bond motifs is 1. The number of nitro benzene ring substituents is 1. The van der Waals surface area contributed by atoms with Crippen LogP contribution in [-0.4, -0.2) is 9.49 Å². The predicted octanol–water partition coefficient (Wildman–Crippen LogP) is 3.06. The molecule has 0 saturated heterocycles. The number of benzene rings is 2. The van der Waals surface area contributed by atoms with E-state index in [1.807, 2.05) is 18.3 Å². The summed E-state index contributed by atoms with van der Waals surface area (Å²) < 4.78 is 2.12. The maximum atomic E-state index is 10.7. The normalized spacial score (nSPS) is 10.9. The van der Waals surface area contributed by atoms with E-state index in [0.717, 1.165) is 22.0 Å². The van der Waals surface area contributed by atoms with Crippen molar-refractivity contribution in [2.24, 2.45) is 5.73 Å². The molecule has 3 aromatic rings. The molecule has 0 saturated carbocycles. The summed E-state index contributed by atoms with van der Waals surface area (Å²) in [5, 5.41) is 11.8. The second-order valence-corrected chi connectivity index (χ2v) is 4.93. The minimum absolute atomic E-state index is 0.110. The highest BCUT2D eigenvalue weighted by molar-refractivity contribution is 5.84. The van der Waals surface area contributed by atoms with Crippen LogP contribution in [0.1, 0.15) is 11.1 Å². The van der Waals surface area contributed by atoms with E-state index in [0.29, 0.717) is 13.1 Å². The second kappa shape index (κ2) is 5.38.